The molecule has 0 heterocycles. The number of hydrogen-bond acceptors (Lipinski definition) is 7. The Labute approximate surface area is 352 Å². The highest BCUT2D eigenvalue weighted by atomic mass is 31.2. The third-order valence-electron chi connectivity index (χ3n) is 7.78. The zero-order chi connectivity index (χ0) is 42.3. The van der Waals surface area contributed by atoms with Gasteiger partial charge >= 0.3 is 13.8 Å². The van der Waals surface area contributed by atoms with Crippen molar-refractivity contribution in [1.82, 2.24) is 0 Å². The van der Waals surface area contributed by atoms with E-state index in [9.17, 15) is 14.3 Å². The van der Waals surface area contributed by atoms with E-state index >= 15 is 0 Å². The molecule has 0 radical (unpaired) electrons. The van der Waals surface area contributed by atoms with Gasteiger partial charge in [-0.1, -0.05) is 160 Å². The van der Waals surface area contributed by atoms with Crippen LogP contribution in [0.4, 0.5) is 0 Å². The molecule has 0 rings (SSSR count). The summed E-state index contributed by atoms with van der Waals surface area (Å²) in [5, 5.41) is 0. The molecule has 0 fully saturated rings. The number of carbonyl (C=O) groups is 1. The van der Waals surface area contributed by atoms with Gasteiger partial charge in [-0.25, -0.2) is 4.57 Å². The van der Waals surface area contributed by atoms with Crippen molar-refractivity contribution in [3.05, 3.63) is 146 Å². The van der Waals surface area contributed by atoms with Crippen LogP contribution in [-0.4, -0.2) is 49.9 Å². The van der Waals surface area contributed by atoms with E-state index in [1.54, 1.807) is 6.08 Å². The normalized spacial score (nSPS) is 14.9. The van der Waals surface area contributed by atoms with Crippen LogP contribution in [0.3, 0.4) is 0 Å². The first kappa shape index (κ1) is 54.4. The standard InChI is InChI=1S/C49H76NO7P/c1-3-5-7-9-11-13-15-17-19-20-21-22-23-24-25-26-27-29-31-33-35-37-39-41-44-54-46-48(47-56-58(52,53)55-45-43-50)57-49(51)42-40-38-36-34-32-30-28-18-16-14-12-10-8-6-4-2/h5-8,11-14,17-19,21-22,24-25,27-29,32-35,38,40,48H,3-4,9-10,15-16,20,23,26,30-31,36-37,39,41-47,50H2,1-2H3,(H,52,53)/b7-5-,8-6-,13-11-,14-12-,19-17-,22-21-,25-24-,28-18-,29-27-,34-32-,35-33-,40-38-. The van der Waals surface area contributed by atoms with Crippen molar-refractivity contribution in [2.45, 2.75) is 123 Å². The van der Waals surface area contributed by atoms with Gasteiger partial charge in [0.25, 0.3) is 0 Å². The molecule has 9 heteroatoms. The Morgan fingerprint density at radius 2 is 0.897 bits per heavy atom. The van der Waals surface area contributed by atoms with Gasteiger partial charge in [0.1, 0.15) is 6.10 Å². The summed E-state index contributed by atoms with van der Waals surface area (Å²) in [6.45, 7) is 4.38. The summed E-state index contributed by atoms with van der Waals surface area (Å²) >= 11 is 0. The molecule has 0 aromatic rings. The van der Waals surface area contributed by atoms with E-state index in [2.05, 4.69) is 141 Å². The molecular weight excluding hydrogens is 746 g/mol. The van der Waals surface area contributed by atoms with Crippen LogP contribution in [0.1, 0.15) is 117 Å². The zero-order valence-corrected chi connectivity index (χ0v) is 36.6. The number of carbonyl (C=O) groups excluding carboxylic acids is 1. The first-order valence-electron chi connectivity index (χ1n) is 21.3. The fourth-order valence-corrected chi connectivity index (χ4v) is 5.52. The minimum absolute atomic E-state index is 0.0345. The van der Waals surface area contributed by atoms with Gasteiger partial charge in [-0.3, -0.25) is 13.8 Å². The first-order chi connectivity index (χ1) is 28.4. The molecule has 0 aromatic carbocycles. The summed E-state index contributed by atoms with van der Waals surface area (Å²) in [5.41, 5.74) is 5.35. The largest absolute Gasteiger partial charge is 0.472 e. The van der Waals surface area contributed by atoms with Crippen molar-refractivity contribution in [2.24, 2.45) is 5.73 Å². The Hall–Kier alpha value is -3.62. The van der Waals surface area contributed by atoms with E-state index in [0.717, 1.165) is 89.9 Å². The maximum absolute atomic E-state index is 12.5. The number of unbranched alkanes of at least 4 members (excludes halogenated alkanes) is 2. The second kappa shape index (κ2) is 44.5. The Morgan fingerprint density at radius 1 is 0.517 bits per heavy atom. The predicted octanol–water partition coefficient (Wildman–Crippen LogP) is 13.0. The summed E-state index contributed by atoms with van der Waals surface area (Å²) in [4.78, 5) is 22.4. The average Bonchev–Trinajstić information content (AvgIpc) is 3.21. The van der Waals surface area contributed by atoms with Gasteiger partial charge in [0.15, 0.2) is 0 Å². The second-order valence-corrected chi connectivity index (χ2v) is 14.6. The number of esters is 1. The first-order valence-corrected chi connectivity index (χ1v) is 22.8. The molecule has 324 valence electrons. The van der Waals surface area contributed by atoms with E-state index in [-0.39, 0.29) is 32.8 Å². The fourth-order valence-electron chi connectivity index (χ4n) is 4.75. The molecule has 2 unspecified atom stereocenters. The van der Waals surface area contributed by atoms with E-state index in [0.29, 0.717) is 13.0 Å². The second-order valence-electron chi connectivity index (χ2n) is 13.1. The molecule has 0 spiro atoms. The number of phosphoric ester groups is 1. The minimum Gasteiger partial charge on any atom is -0.457 e. The lowest BCUT2D eigenvalue weighted by Gasteiger charge is -2.19. The van der Waals surface area contributed by atoms with E-state index < -0.39 is 19.9 Å². The maximum Gasteiger partial charge on any atom is 0.472 e. The van der Waals surface area contributed by atoms with Crippen LogP contribution in [0, 0.1) is 0 Å². The number of ether oxygens (including phenoxy) is 2. The molecular formula is C49H76NO7P. The van der Waals surface area contributed by atoms with E-state index in [4.69, 9.17) is 24.3 Å². The quantitative estimate of drug-likeness (QED) is 0.0274. The van der Waals surface area contributed by atoms with Crippen molar-refractivity contribution in [1.29, 1.82) is 0 Å². The van der Waals surface area contributed by atoms with Gasteiger partial charge in [-0.2, -0.15) is 0 Å². The lowest BCUT2D eigenvalue weighted by molar-refractivity contribution is -0.153. The third-order valence-corrected chi connectivity index (χ3v) is 8.77. The van der Waals surface area contributed by atoms with Gasteiger partial charge in [0.05, 0.1) is 26.2 Å². The van der Waals surface area contributed by atoms with Crippen molar-refractivity contribution in [3.8, 4) is 0 Å². The lowest BCUT2D eigenvalue weighted by Crippen LogP contribution is -2.28. The summed E-state index contributed by atoms with van der Waals surface area (Å²) in [7, 11) is -4.33. The summed E-state index contributed by atoms with van der Waals surface area (Å²) in [6.07, 6.45) is 64.8. The summed E-state index contributed by atoms with van der Waals surface area (Å²) in [6, 6.07) is 0. The SMILES string of the molecule is CC/C=C\C/C=C\C/C=C\C/C=C\C/C=C\C/C=C\C/C=C\CCCCOCC(COP(=O)(O)OCCN)OC(=O)C/C=C\C/C=C\C/C=C\C/C=C\C/C=C\CC. The van der Waals surface area contributed by atoms with Crippen LogP contribution in [0.2, 0.25) is 0 Å². The van der Waals surface area contributed by atoms with Crippen molar-refractivity contribution >= 4 is 13.8 Å². The summed E-state index contributed by atoms with van der Waals surface area (Å²) < 4.78 is 33.2. The Bertz CT molecular complexity index is 1380. The van der Waals surface area contributed by atoms with Crippen molar-refractivity contribution in [2.75, 3.05) is 33.0 Å². The molecule has 0 aliphatic carbocycles. The molecule has 3 N–H and O–H groups in total. The van der Waals surface area contributed by atoms with Gasteiger partial charge in [0.2, 0.25) is 0 Å². The molecule has 0 saturated heterocycles. The van der Waals surface area contributed by atoms with Gasteiger partial charge in [-0.05, 0) is 96.3 Å². The molecule has 58 heavy (non-hydrogen) atoms. The molecule has 0 aliphatic heterocycles. The number of rotatable bonds is 38. The van der Waals surface area contributed by atoms with Crippen molar-refractivity contribution < 1.29 is 32.8 Å². The Kier molecular flexibility index (Phi) is 41.7. The monoisotopic (exact) mass is 822 g/mol. The molecule has 0 amide bonds. The molecule has 0 aliphatic rings. The number of nitrogens with two attached hydrogens (primary N) is 1. The highest BCUT2D eigenvalue weighted by Crippen LogP contribution is 2.43. The summed E-state index contributed by atoms with van der Waals surface area (Å²) in [5.74, 6) is -0.480. The molecule has 2 atom stereocenters. The third kappa shape index (κ3) is 43.5. The number of allylic oxidation sites excluding steroid dienone is 23. The van der Waals surface area contributed by atoms with Crippen LogP contribution < -0.4 is 5.73 Å². The molecule has 0 saturated carbocycles. The van der Waals surface area contributed by atoms with Gasteiger partial charge in [0, 0.05) is 13.2 Å². The van der Waals surface area contributed by atoms with Crippen LogP contribution in [0.25, 0.3) is 0 Å². The minimum atomic E-state index is -4.33. The molecule has 0 aromatic heterocycles. The number of hydrogen-bond donors (Lipinski definition) is 2. The molecule has 8 nitrogen and oxygen atoms in total. The Morgan fingerprint density at radius 3 is 1.29 bits per heavy atom. The zero-order valence-electron chi connectivity index (χ0n) is 35.7. The van der Waals surface area contributed by atoms with Crippen LogP contribution in [-0.2, 0) is 27.9 Å². The smallest absolute Gasteiger partial charge is 0.457 e. The molecule has 0 bridgehead atoms. The predicted molar refractivity (Wildman–Crippen MR) is 246 cm³/mol. The number of phosphoric acid groups is 1. The lowest BCUT2D eigenvalue weighted by atomic mass is 10.2. The van der Waals surface area contributed by atoms with Crippen LogP contribution in [0.5, 0.6) is 0 Å². The van der Waals surface area contributed by atoms with E-state index in [1.165, 1.54) is 0 Å². The maximum atomic E-state index is 12.5. The van der Waals surface area contributed by atoms with Crippen LogP contribution in [0.15, 0.2) is 146 Å². The van der Waals surface area contributed by atoms with Crippen molar-refractivity contribution in [3.63, 3.8) is 0 Å². The highest BCUT2D eigenvalue weighted by Gasteiger charge is 2.25. The van der Waals surface area contributed by atoms with E-state index in [1.807, 2.05) is 12.2 Å². The van der Waals surface area contributed by atoms with Gasteiger partial charge in [-0.15, -0.1) is 0 Å². The van der Waals surface area contributed by atoms with Gasteiger partial charge < -0.3 is 20.1 Å². The van der Waals surface area contributed by atoms with Crippen LogP contribution >= 0.6 is 7.82 Å². The average molecular weight is 822 g/mol. The highest BCUT2D eigenvalue weighted by molar-refractivity contribution is 7.47. The topological polar surface area (TPSA) is 117 Å². The fraction of sp³-hybridized carbons (Fsp3) is 0.490. The Balaban J connectivity index is 4.28.